The number of carbonyl (C=O) groups excluding carboxylic acids is 1. The topological polar surface area (TPSA) is 80.9 Å². The van der Waals surface area contributed by atoms with Crippen molar-refractivity contribution in [2.75, 3.05) is 11.1 Å². The van der Waals surface area contributed by atoms with Gasteiger partial charge in [0, 0.05) is 22.4 Å². The van der Waals surface area contributed by atoms with Crippen LogP contribution in [0.3, 0.4) is 0 Å². The van der Waals surface area contributed by atoms with Gasteiger partial charge in [-0.15, -0.1) is 28.2 Å². The van der Waals surface area contributed by atoms with Gasteiger partial charge in [0.05, 0.1) is 5.01 Å². The van der Waals surface area contributed by atoms with Crippen LogP contribution in [0.1, 0.15) is 11.4 Å². The Bertz CT molecular complexity index is 832. The Morgan fingerprint density at radius 3 is 2.83 bits per heavy atom. The molecule has 3 aromatic rings. The lowest BCUT2D eigenvalue weighted by atomic mass is 10.4. The Morgan fingerprint density at radius 1 is 1.33 bits per heavy atom. The first-order chi connectivity index (χ1) is 11.6. The van der Waals surface area contributed by atoms with Gasteiger partial charge in [-0.05, 0) is 31.2 Å². The molecule has 3 rings (SSSR count). The maximum atomic E-state index is 12.8. The van der Waals surface area contributed by atoms with Crippen molar-refractivity contribution in [1.29, 1.82) is 0 Å². The molecule has 0 radical (unpaired) electrons. The van der Waals surface area contributed by atoms with Crippen LogP contribution in [0.4, 0.5) is 10.4 Å². The summed E-state index contributed by atoms with van der Waals surface area (Å²) in [6.07, 6.45) is 0.273. The number of aryl methyl sites for hydroxylation is 1. The number of halogens is 1. The Hall–Kier alpha value is -2.26. The molecule has 124 valence electrons. The Balaban J connectivity index is 1.48. The van der Waals surface area contributed by atoms with Crippen molar-refractivity contribution in [3.63, 3.8) is 0 Å². The predicted molar refractivity (Wildman–Crippen MR) is 90.5 cm³/mol. The molecule has 1 aromatic carbocycles. The molecule has 24 heavy (non-hydrogen) atoms. The molecule has 1 amide bonds. The summed E-state index contributed by atoms with van der Waals surface area (Å²) < 4.78 is 18.2. The SMILES string of the molecule is Cc1nc(-c2nnc(NC(=O)CCSc3ccc(F)cc3)o2)cs1. The molecule has 6 nitrogen and oxygen atoms in total. The summed E-state index contributed by atoms with van der Waals surface area (Å²) in [5.41, 5.74) is 0.595. The Kier molecular flexibility index (Phi) is 5.21. The highest BCUT2D eigenvalue weighted by Gasteiger charge is 2.13. The standard InChI is InChI=1S/C15H13FN4O2S2/c1-9-17-12(8-24-9)14-19-20-15(22-14)18-13(21)6-7-23-11-4-2-10(16)3-5-11/h2-5,8H,6-7H2,1H3,(H,18,20,21). The van der Waals surface area contributed by atoms with Crippen molar-refractivity contribution in [3.8, 4) is 11.6 Å². The minimum absolute atomic E-state index is 0.0486. The fourth-order valence-corrected chi connectivity index (χ4v) is 3.25. The summed E-state index contributed by atoms with van der Waals surface area (Å²) in [6, 6.07) is 6.19. The van der Waals surface area contributed by atoms with Gasteiger partial charge >= 0.3 is 6.01 Å². The van der Waals surface area contributed by atoms with E-state index in [1.54, 1.807) is 12.1 Å². The average molecular weight is 364 g/mol. The molecule has 0 spiro atoms. The number of carbonyl (C=O) groups is 1. The first-order valence-corrected chi connectivity index (χ1v) is 8.91. The summed E-state index contributed by atoms with van der Waals surface area (Å²) in [4.78, 5) is 17.0. The summed E-state index contributed by atoms with van der Waals surface area (Å²) in [6.45, 7) is 1.88. The number of rotatable bonds is 6. The van der Waals surface area contributed by atoms with Gasteiger partial charge in [0.25, 0.3) is 5.89 Å². The van der Waals surface area contributed by atoms with Crippen LogP contribution in [0.25, 0.3) is 11.6 Å². The van der Waals surface area contributed by atoms with Crippen LogP contribution < -0.4 is 5.32 Å². The summed E-state index contributed by atoms with van der Waals surface area (Å²) in [5, 5.41) is 12.9. The third-order valence-electron chi connectivity index (χ3n) is 2.92. The molecule has 0 aliphatic carbocycles. The highest BCUT2D eigenvalue weighted by atomic mass is 32.2. The van der Waals surface area contributed by atoms with Gasteiger partial charge in [-0.1, -0.05) is 5.10 Å². The zero-order valence-corrected chi connectivity index (χ0v) is 14.3. The molecule has 0 unspecified atom stereocenters. The van der Waals surface area contributed by atoms with Crippen LogP contribution >= 0.6 is 23.1 Å². The molecular formula is C15H13FN4O2S2. The van der Waals surface area contributed by atoms with Gasteiger partial charge in [-0.25, -0.2) is 9.37 Å². The van der Waals surface area contributed by atoms with Gasteiger partial charge in [-0.2, -0.15) is 0 Å². The number of hydrogen-bond donors (Lipinski definition) is 1. The number of thiazole rings is 1. The molecule has 0 saturated heterocycles. The fraction of sp³-hybridized carbons (Fsp3) is 0.200. The van der Waals surface area contributed by atoms with Crippen molar-refractivity contribution < 1.29 is 13.6 Å². The second kappa shape index (κ2) is 7.54. The third-order valence-corrected chi connectivity index (χ3v) is 4.71. The summed E-state index contributed by atoms with van der Waals surface area (Å²) >= 11 is 2.95. The molecule has 0 atom stereocenters. The zero-order chi connectivity index (χ0) is 16.9. The quantitative estimate of drug-likeness (QED) is 0.671. The van der Waals surface area contributed by atoms with E-state index in [1.807, 2.05) is 12.3 Å². The van der Waals surface area contributed by atoms with Gasteiger partial charge in [-0.3, -0.25) is 10.1 Å². The van der Waals surface area contributed by atoms with E-state index in [4.69, 9.17) is 4.42 Å². The predicted octanol–water partition coefficient (Wildman–Crippen LogP) is 3.76. The molecule has 0 fully saturated rings. The Labute approximate surface area is 145 Å². The van der Waals surface area contributed by atoms with Crippen LogP contribution in [0.5, 0.6) is 0 Å². The lowest BCUT2D eigenvalue weighted by Gasteiger charge is -2.01. The third kappa shape index (κ3) is 4.39. The smallest absolute Gasteiger partial charge is 0.322 e. The minimum atomic E-state index is -0.278. The van der Waals surface area contributed by atoms with Crippen molar-refractivity contribution in [3.05, 3.63) is 40.5 Å². The van der Waals surface area contributed by atoms with Crippen molar-refractivity contribution in [2.24, 2.45) is 0 Å². The Morgan fingerprint density at radius 2 is 2.12 bits per heavy atom. The number of nitrogens with one attached hydrogen (secondary N) is 1. The highest BCUT2D eigenvalue weighted by molar-refractivity contribution is 7.99. The molecule has 0 saturated carbocycles. The molecule has 2 aromatic heterocycles. The van der Waals surface area contributed by atoms with Crippen LogP contribution in [-0.2, 0) is 4.79 Å². The van der Waals surface area contributed by atoms with E-state index in [0.717, 1.165) is 9.90 Å². The number of aromatic nitrogens is 3. The monoisotopic (exact) mass is 364 g/mol. The lowest BCUT2D eigenvalue weighted by Crippen LogP contribution is -2.12. The molecule has 2 heterocycles. The molecule has 1 N–H and O–H groups in total. The van der Waals surface area contributed by atoms with Gasteiger partial charge in [0.2, 0.25) is 5.91 Å². The van der Waals surface area contributed by atoms with E-state index in [2.05, 4.69) is 20.5 Å². The van der Waals surface area contributed by atoms with Crippen LogP contribution in [0, 0.1) is 12.7 Å². The maximum Gasteiger partial charge on any atom is 0.322 e. The van der Waals surface area contributed by atoms with E-state index in [1.165, 1.54) is 35.2 Å². The first-order valence-electron chi connectivity index (χ1n) is 7.04. The average Bonchev–Trinajstić information content (AvgIpc) is 3.18. The largest absolute Gasteiger partial charge is 0.401 e. The highest BCUT2D eigenvalue weighted by Crippen LogP contribution is 2.22. The van der Waals surface area contributed by atoms with Crippen LogP contribution in [-0.4, -0.2) is 26.8 Å². The van der Waals surface area contributed by atoms with E-state index < -0.39 is 0 Å². The zero-order valence-electron chi connectivity index (χ0n) is 12.7. The molecule has 0 bridgehead atoms. The number of hydrogen-bond acceptors (Lipinski definition) is 7. The number of anilines is 1. The van der Waals surface area contributed by atoms with E-state index >= 15 is 0 Å². The fourth-order valence-electron chi connectivity index (χ4n) is 1.81. The molecule has 0 aliphatic rings. The number of thioether (sulfide) groups is 1. The van der Waals surface area contributed by atoms with E-state index in [0.29, 0.717) is 11.4 Å². The normalized spacial score (nSPS) is 10.8. The first kappa shape index (κ1) is 16.6. The number of amides is 1. The van der Waals surface area contributed by atoms with Gasteiger partial charge < -0.3 is 4.42 Å². The molecular weight excluding hydrogens is 351 g/mol. The van der Waals surface area contributed by atoms with Crippen LogP contribution in [0.15, 0.2) is 39.0 Å². The van der Waals surface area contributed by atoms with E-state index in [9.17, 15) is 9.18 Å². The van der Waals surface area contributed by atoms with Crippen molar-refractivity contribution in [2.45, 2.75) is 18.2 Å². The second-order valence-electron chi connectivity index (χ2n) is 4.76. The van der Waals surface area contributed by atoms with Crippen LogP contribution in [0.2, 0.25) is 0 Å². The minimum Gasteiger partial charge on any atom is -0.401 e. The van der Waals surface area contributed by atoms with Gasteiger partial charge in [0.15, 0.2) is 0 Å². The van der Waals surface area contributed by atoms with Gasteiger partial charge in [0.1, 0.15) is 11.5 Å². The summed E-state index contributed by atoms with van der Waals surface area (Å²) in [5.74, 6) is 0.327. The number of nitrogens with zero attached hydrogens (tertiary/aromatic N) is 3. The second-order valence-corrected chi connectivity index (χ2v) is 7.00. The van der Waals surface area contributed by atoms with Crippen molar-refractivity contribution >= 4 is 35.0 Å². The maximum absolute atomic E-state index is 12.8. The van der Waals surface area contributed by atoms with Crippen molar-refractivity contribution in [1.82, 2.24) is 15.2 Å². The molecule has 9 heteroatoms. The van der Waals surface area contributed by atoms with E-state index in [-0.39, 0.29) is 30.1 Å². The summed E-state index contributed by atoms with van der Waals surface area (Å²) in [7, 11) is 0. The molecule has 0 aliphatic heterocycles. The number of benzene rings is 1. The lowest BCUT2D eigenvalue weighted by molar-refractivity contribution is -0.115.